The second kappa shape index (κ2) is 9.03. The van der Waals surface area contributed by atoms with Gasteiger partial charge in [0.1, 0.15) is 18.2 Å². The van der Waals surface area contributed by atoms with Gasteiger partial charge in [-0.25, -0.2) is 9.18 Å². The minimum Gasteiger partial charge on any atom is -0.489 e. The van der Waals surface area contributed by atoms with E-state index in [1.807, 2.05) is 31.2 Å². The molecule has 0 bridgehead atoms. The Bertz CT molecular complexity index is 674. The first-order valence-corrected chi connectivity index (χ1v) is 8.13. The van der Waals surface area contributed by atoms with Crippen molar-refractivity contribution in [1.82, 2.24) is 10.6 Å². The highest BCUT2D eigenvalue weighted by molar-refractivity contribution is 5.74. The highest BCUT2D eigenvalue weighted by Crippen LogP contribution is 2.18. The summed E-state index contributed by atoms with van der Waals surface area (Å²) < 4.78 is 18.5. The smallest absolute Gasteiger partial charge is 0.315 e. The van der Waals surface area contributed by atoms with Crippen LogP contribution < -0.4 is 15.4 Å². The van der Waals surface area contributed by atoms with Gasteiger partial charge in [0.25, 0.3) is 0 Å². The molecule has 0 spiro atoms. The standard InChI is InChI=1S/C19H23FN2O3/c1-13(11-23)21-19(24)22-14(2)16-5-9-18(10-6-16)25-12-15-3-7-17(20)8-4-15/h3-10,13-14,23H,11-12H2,1-2H3,(H2,21,22,24). The van der Waals surface area contributed by atoms with Crippen LogP contribution >= 0.6 is 0 Å². The van der Waals surface area contributed by atoms with E-state index in [4.69, 9.17) is 9.84 Å². The molecule has 2 unspecified atom stereocenters. The Labute approximate surface area is 146 Å². The van der Waals surface area contributed by atoms with Gasteiger partial charge in [0.15, 0.2) is 0 Å². The van der Waals surface area contributed by atoms with Crippen LogP contribution in [0.5, 0.6) is 5.75 Å². The van der Waals surface area contributed by atoms with Crippen molar-refractivity contribution >= 4 is 6.03 Å². The molecule has 0 aliphatic carbocycles. The zero-order valence-electron chi connectivity index (χ0n) is 14.3. The first kappa shape index (κ1) is 18.7. The van der Waals surface area contributed by atoms with Gasteiger partial charge in [0.2, 0.25) is 0 Å². The summed E-state index contributed by atoms with van der Waals surface area (Å²) in [6.07, 6.45) is 0. The molecule has 2 amide bonds. The van der Waals surface area contributed by atoms with Gasteiger partial charge in [-0.1, -0.05) is 24.3 Å². The zero-order valence-corrected chi connectivity index (χ0v) is 14.3. The van der Waals surface area contributed by atoms with Crippen molar-refractivity contribution in [1.29, 1.82) is 0 Å². The van der Waals surface area contributed by atoms with Crippen molar-refractivity contribution in [2.45, 2.75) is 32.5 Å². The lowest BCUT2D eigenvalue weighted by Gasteiger charge is -2.17. The van der Waals surface area contributed by atoms with Crippen LogP contribution in [0.1, 0.15) is 31.0 Å². The maximum Gasteiger partial charge on any atom is 0.315 e. The van der Waals surface area contributed by atoms with Gasteiger partial charge in [-0.05, 0) is 49.2 Å². The number of ether oxygens (including phenoxy) is 1. The van der Waals surface area contributed by atoms with Crippen LogP contribution in [0.2, 0.25) is 0 Å². The number of carbonyl (C=O) groups excluding carboxylic acids is 1. The first-order chi connectivity index (χ1) is 12.0. The van der Waals surface area contributed by atoms with E-state index in [0.717, 1.165) is 11.1 Å². The average Bonchev–Trinajstić information content (AvgIpc) is 2.61. The van der Waals surface area contributed by atoms with Crippen LogP contribution in [0.4, 0.5) is 9.18 Å². The number of hydrogen-bond acceptors (Lipinski definition) is 3. The summed E-state index contributed by atoms with van der Waals surface area (Å²) in [6.45, 7) is 3.84. The van der Waals surface area contributed by atoms with Crippen LogP contribution in [-0.2, 0) is 6.61 Å². The zero-order chi connectivity index (χ0) is 18.2. The van der Waals surface area contributed by atoms with E-state index in [1.54, 1.807) is 19.1 Å². The normalized spacial score (nSPS) is 13.0. The number of aliphatic hydroxyl groups is 1. The lowest BCUT2D eigenvalue weighted by Crippen LogP contribution is -2.43. The van der Waals surface area contributed by atoms with Gasteiger partial charge in [-0.2, -0.15) is 0 Å². The van der Waals surface area contributed by atoms with E-state index in [1.165, 1.54) is 12.1 Å². The fourth-order valence-corrected chi connectivity index (χ4v) is 2.19. The summed E-state index contributed by atoms with van der Waals surface area (Å²) in [4.78, 5) is 11.8. The van der Waals surface area contributed by atoms with Gasteiger partial charge in [-0.15, -0.1) is 0 Å². The topological polar surface area (TPSA) is 70.6 Å². The lowest BCUT2D eigenvalue weighted by atomic mass is 10.1. The second-order valence-electron chi connectivity index (χ2n) is 5.91. The number of benzene rings is 2. The molecule has 2 aromatic rings. The Balaban J connectivity index is 1.86. The molecule has 0 aromatic heterocycles. The van der Waals surface area contributed by atoms with Gasteiger partial charge in [-0.3, -0.25) is 0 Å². The molecule has 2 atom stereocenters. The van der Waals surface area contributed by atoms with Gasteiger partial charge < -0.3 is 20.5 Å². The largest absolute Gasteiger partial charge is 0.489 e. The third-order valence-corrected chi connectivity index (χ3v) is 3.70. The third-order valence-electron chi connectivity index (χ3n) is 3.70. The minimum absolute atomic E-state index is 0.109. The number of aliphatic hydroxyl groups excluding tert-OH is 1. The van der Waals surface area contributed by atoms with Crippen LogP contribution in [0.3, 0.4) is 0 Å². The predicted molar refractivity (Wildman–Crippen MR) is 93.8 cm³/mol. The van der Waals surface area contributed by atoms with Crippen LogP contribution in [-0.4, -0.2) is 23.8 Å². The summed E-state index contributed by atoms with van der Waals surface area (Å²) in [6, 6.07) is 12.8. The molecule has 6 heteroatoms. The Morgan fingerprint density at radius 3 is 2.32 bits per heavy atom. The average molecular weight is 346 g/mol. The molecular weight excluding hydrogens is 323 g/mol. The first-order valence-electron chi connectivity index (χ1n) is 8.13. The number of halogens is 1. The number of rotatable bonds is 7. The summed E-state index contributed by atoms with van der Waals surface area (Å²) >= 11 is 0. The molecule has 134 valence electrons. The minimum atomic E-state index is -0.328. The SMILES string of the molecule is CC(CO)NC(=O)NC(C)c1ccc(OCc2ccc(F)cc2)cc1. The Morgan fingerprint density at radius 2 is 1.72 bits per heavy atom. The van der Waals surface area contributed by atoms with E-state index in [2.05, 4.69) is 10.6 Å². The van der Waals surface area contributed by atoms with Crippen molar-refractivity contribution < 1.29 is 19.0 Å². The monoisotopic (exact) mass is 346 g/mol. The van der Waals surface area contributed by atoms with Crippen molar-refractivity contribution in [3.8, 4) is 5.75 Å². The second-order valence-corrected chi connectivity index (χ2v) is 5.91. The van der Waals surface area contributed by atoms with Crippen LogP contribution in [0, 0.1) is 5.82 Å². The summed E-state index contributed by atoms with van der Waals surface area (Å²) in [7, 11) is 0. The van der Waals surface area contributed by atoms with E-state index >= 15 is 0 Å². The molecule has 0 aliphatic heterocycles. The van der Waals surface area contributed by atoms with E-state index < -0.39 is 0 Å². The third kappa shape index (κ3) is 6.08. The molecule has 0 heterocycles. The van der Waals surface area contributed by atoms with Gasteiger partial charge in [0, 0.05) is 0 Å². The van der Waals surface area contributed by atoms with Gasteiger partial charge in [0.05, 0.1) is 18.7 Å². The molecule has 0 saturated carbocycles. The number of amides is 2. The maximum absolute atomic E-state index is 12.9. The molecule has 0 radical (unpaired) electrons. The molecule has 2 rings (SSSR count). The predicted octanol–water partition coefficient (Wildman–Crippen LogP) is 3.15. The Hall–Kier alpha value is -2.60. The summed E-state index contributed by atoms with van der Waals surface area (Å²) in [5.41, 5.74) is 1.82. The summed E-state index contributed by atoms with van der Waals surface area (Å²) in [5, 5.41) is 14.4. The van der Waals surface area contributed by atoms with Crippen molar-refractivity contribution in [3.05, 3.63) is 65.5 Å². The molecular formula is C19H23FN2O3. The highest BCUT2D eigenvalue weighted by Gasteiger charge is 2.11. The van der Waals surface area contributed by atoms with E-state index in [0.29, 0.717) is 12.4 Å². The van der Waals surface area contributed by atoms with Crippen LogP contribution in [0.25, 0.3) is 0 Å². The molecule has 0 saturated heterocycles. The van der Waals surface area contributed by atoms with Crippen LogP contribution in [0.15, 0.2) is 48.5 Å². The molecule has 0 aliphatic rings. The molecule has 3 N–H and O–H groups in total. The highest BCUT2D eigenvalue weighted by atomic mass is 19.1. The number of nitrogens with one attached hydrogen (secondary N) is 2. The number of urea groups is 1. The Kier molecular flexibility index (Phi) is 6.77. The summed E-state index contributed by atoms with van der Waals surface area (Å²) in [5.74, 6) is 0.422. The molecule has 5 nitrogen and oxygen atoms in total. The number of hydrogen-bond donors (Lipinski definition) is 3. The van der Waals surface area contributed by atoms with E-state index in [-0.39, 0.29) is 30.5 Å². The lowest BCUT2D eigenvalue weighted by molar-refractivity contribution is 0.218. The van der Waals surface area contributed by atoms with Crippen molar-refractivity contribution in [2.75, 3.05) is 6.61 Å². The fraction of sp³-hybridized carbons (Fsp3) is 0.316. The quantitative estimate of drug-likeness (QED) is 0.721. The van der Waals surface area contributed by atoms with Crippen molar-refractivity contribution in [3.63, 3.8) is 0 Å². The Morgan fingerprint density at radius 1 is 1.08 bits per heavy atom. The maximum atomic E-state index is 12.9. The van der Waals surface area contributed by atoms with Gasteiger partial charge >= 0.3 is 6.03 Å². The fourth-order valence-electron chi connectivity index (χ4n) is 2.19. The molecule has 2 aromatic carbocycles. The van der Waals surface area contributed by atoms with E-state index in [9.17, 15) is 9.18 Å². The molecule has 0 fully saturated rings. The number of carbonyl (C=O) groups is 1. The van der Waals surface area contributed by atoms with Crippen molar-refractivity contribution in [2.24, 2.45) is 0 Å². The molecule has 25 heavy (non-hydrogen) atoms.